The van der Waals surface area contributed by atoms with Gasteiger partial charge in [0.05, 0.1) is 6.61 Å². The van der Waals surface area contributed by atoms with E-state index in [1.807, 2.05) is 38.1 Å². The Morgan fingerprint density at radius 1 is 1.45 bits per heavy atom. The smallest absolute Gasteiger partial charge is 0.410 e. The van der Waals surface area contributed by atoms with Crippen LogP contribution in [0.2, 0.25) is 0 Å². The second kappa shape index (κ2) is 6.41. The minimum absolute atomic E-state index is 0.0701. The van der Waals surface area contributed by atoms with Crippen molar-refractivity contribution in [1.29, 1.82) is 0 Å². The second-order valence-corrected chi connectivity index (χ2v) is 4.87. The number of likely N-dealkylation sites (N-methyl/N-ethyl adjacent to an activating group) is 1. The zero-order valence-corrected chi connectivity index (χ0v) is 12.0. The molecule has 0 unspecified atom stereocenters. The van der Waals surface area contributed by atoms with Crippen molar-refractivity contribution in [1.82, 2.24) is 4.90 Å². The molecule has 1 saturated heterocycles. The molecule has 0 N–H and O–H groups in total. The number of benzene rings is 1. The molecule has 0 atom stereocenters. The molecule has 2 amide bonds. The average Bonchev–Trinajstić information content (AvgIpc) is 2.42. The van der Waals surface area contributed by atoms with Crippen molar-refractivity contribution in [2.75, 3.05) is 31.1 Å². The highest BCUT2D eigenvalue weighted by atomic mass is 16.6. The predicted octanol–water partition coefficient (Wildman–Crippen LogP) is 2.19. The van der Waals surface area contributed by atoms with Gasteiger partial charge in [-0.15, -0.1) is 0 Å². The first-order valence-electron chi connectivity index (χ1n) is 6.90. The first-order chi connectivity index (χ1) is 9.61. The van der Waals surface area contributed by atoms with Crippen molar-refractivity contribution >= 4 is 17.7 Å². The number of hydrogen-bond donors (Lipinski definition) is 0. The van der Waals surface area contributed by atoms with Crippen LogP contribution in [-0.2, 0) is 9.53 Å². The molecule has 0 bridgehead atoms. The van der Waals surface area contributed by atoms with E-state index in [-0.39, 0.29) is 12.5 Å². The highest BCUT2D eigenvalue weighted by molar-refractivity contribution is 5.96. The molecule has 0 aliphatic carbocycles. The summed E-state index contributed by atoms with van der Waals surface area (Å²) >= 11 is 0. The Balaban J connectivity index is 2.07. The standard InChI is InChI=1S/C15H20N2O3/c1-3-17(13-7-4-6-12(2)10-13)14(18)11-16-8-5-9-20-15(16)19/h4,6-7,10H,3,5,8-9,11H2,1-2H3. The molecule has 1 fully saturated rings. The Bertz CT molecular complexity index is 502. The van der Waals surface area contributed by atoms with Crippen LogP contribution in [0.5, 0.6) is 0 Å². The number of carbonyl (C=O) groups is 2. The van der Waals surface area contributed by atoms with Crippen molar-refractivity contribution in [3.8, 4) is 0 Å². The third-order valence-electron chi connectivity index (χ3n) is 3.31. The number of amides is 2. The van der Waals surface area contributed by atoms with Gasteiger partial charge in [-0.3, -0.25) is 9.69 Å². The first kappa shape index (κ1) is 14.4. The van der Waals surface area contributed by atoms with Gasteiger partial charge in [0.25, 0.3) is 0 Å². The number of rotatable bonds is 4. The van der Waals surface area contributed by atoms with Gasteiger partial charge in [0, 0.05) is 18.8 Å². The Morgan fingerprint density at radius 3 is 2.90 bits per heavy atom. The highest BCUT2D eigenvalue weighted by Gasteiger charge is 2.24. The van der Waals surface area contributed by atoms with E-state index in [2.05, 4.69) is 0 Å². The average molecular weight is 276 g/mol. The van der Waals surface area contributed by atoms with Crippen LogP contribution in [0.25, 0.3) is 0 Å². The number of nitrogens with zero attached hydrogens (tertiary/aromatic N) is 2. The number of cyclic esters (lactones) is 1. The highest BCUT2D eigenvalue weighted by Crippen LogP contribution is 2.16. The number of hydrogen-bond acceptors (Lipinski definition) is 3. The van der Waals surface area contributed by atoms with E-state index in [0.29, 0.717) is 19.7 Å². The van der Waals surface area contributed by atoms with Crippen LogP contribution in [0.1, 0.15) is 18.9 Å². The van der Waals surface area contributed by atoms with Crippen molar-refractivity contribution in [3.05, 3.63) is 29.8 Å². The minimum atomic E-state index is -0.398. The summed E-state index contributed by atoms with van der Waals surface area (Å²) in [5.74, 6) is -0.0862. The molecule has 20 heavy (non-hydrogen) atoms. The van der Waals surface area contributed by atoms with Gasteiger partial charge in [0.15, 0.2) is 0 Å². The van der Waals surface area contributed by atoms with E-state index >= 15 is 0 Å². The summed E-state index contributed by atoms with van der Waals surface area (Å²) in [7, 11) is 0. The van der Waals surface area contributed by atoms with Gasteiger partial charge in [-0.1, -0.05) is 12.1 Å². The van der Waals surface area contributed by atoms with Gasteiger partial charge in [-0.2, -0.15) is 0 Å². The zero-order valence-electron chi connectivity index (χ0n) is 12.0. The molecule has 1 aliphatic heterocycles. The summed E-state index contributed by atoms with van der Waals surface area (Å²) in [5.41, 5.74) is 1.97. The summed E-state index contributed by atoms with van der Waals surface area (Å²) in [6.45, 7) is 5.58. The summed E-state index contributed by atoms with van der Waals surface area (Å²) in [4.78, 5) is 27.1. The Morgan fingerprint density at radius 2 is 2.25 bits per heavy atom. The largest absolute Gasteiger partial charge is 0.449 e. The quantitative estimate of drug-likeness (QED) is 0.847. The zero-order chi connectivity index (χ0) is 14.5. The van der Waals surface area contributed by atoms with Gasteiger partial charge < -0.3 is 9.64 Å². The molecule has 5 nitrogen and oxygen atoms in total. The fourth-order valence-corrected chi connectivity index (χ4v) is 2.29. The van der Waals surface area contributed by atoms with E-state index in [0.717, 1.165) is 17.7 Å². The lowest BCUT2D eigenvalue weighted by Crippen LogP contribution is -2.45. The molecule has 1 aromatic carbocycles. The summed E-state index contributed by atoms with van der Waals surface area (Å²) in [5, 5.41) is 0. The third kappa shape index (κ3) is 3.29. The lowest BCUT2D eigenvalue weighted by molar-refractivity contribution is -0.119. The molecular weight excluding hydrogens is 256 g/mol. The van der Waals surface area contributed by atoms with Gasteiger partial charge in [-0.05, 0) is 38.0 Å². The summed E-state index contributed by atoms with van der Waals surface area (Å²) < 4.78 is 4.95. The van der Waals surface area contributed by atoms with Crippen molar-refractivity contribution in [2.24, 2.45) is 0 Å². The molecule has 0 aromatic heterocycles. The van der Waals surface area contributed by atoms with Crippen molar-refractivity contribution < 1.29 is 14.3 Å². The summed E-state index contributed by atoms with van der Waals surface area (Å²) in [6.07, 6.45) is 0.375. The molecular formula is C15H20N2O3. The van der Waals surface area contributed by atoms with E-state index in [9.17, 15) is 9.59 Å². The van der Waals surface area contributed by atoms with Crippen LogP contribution in [0.15, 0.2) is 24.3 Å². The fourth-order valence-electron chi connectivity index (χ4n) is 2.29. The van der Waals surface area contributed by atoms with Gasteiger partial charge in [0.2, 0.25) is 5.91 Å². The summed E-state index contributed by atoms with van der Waals surface area (Å²) in [6, 6.07) is 7.79. The molecule has 108 valence electrons. The van der Waals surface area contributed by atoms with Crippen LogP contribution in [0.4, 0.5) is 10.5 Å². The van der Waals surface area contributed by atoms with Crippen molar-refractivity contribution in [3.63, 3.8) is 0 Å². The predicted molar refractivity (Wildman–Crippen MR) is 76.7 cm³/mol. The topological polar surface area (TPSA) is 49.9 Å². The van der Waals surface area contributed by atoms with E-state index in [1.54, 1.807) is 4.90 Å². The third-order valence-corrected chi connectivity index (χ3v) is 3.31. The molecule has 1 aromatic rings. The molecule has 1 heterocycles. The molecule has 2 rings (SSSR count). The SMILES string of the molecule is CCN(C(=O)CN1CCCOC1=O)c1cccc(C)c1. The van der Waals surface area contributed by atoms with E-state index < -0.39 is 6.09 Å². The Hall–Kier alpha value is -2.04. The van der Waals surface area contributed by atoms with Gasteiger partial charge in [-0.25, -0.2) is 4.79 Å². The fraction of sp³-hybridized carbons (Fsp3) is 0.467. The second-order valence-electron chi connectivity index (χ2n) is 4.87. The minimum Gasteiger partial charge on any atom is -0.449 e. The van der Waals surface area contributed by atoms with Gasteiger partial charge in [0.1, 0.15) is 6.54 Å². The molecule has 5 heteroatoms. The van der Waals surface area contributed by atoms with Crippen LogP contribution < -0.4 is 4.90 Å². The van der Waals surface area contributed by atoms with Crippen LogP contribution in [0, 0.1) is 6.92 Å². The van der Waals surface area contributed by atoms with Gasteiger partial charge >= 0.3 is 6.09 Å². The molecule has 0 spiro atoms. The Kier molecular flexibility index (Phi) is 4.61. The maximum atomic E-state index is 12.4. The Labute approximate surface area is 119 Å². The number of aryl methyl sites for hydroxylation is 1. The number of ether oxygens (including phenoxy) is 1. The monoisotopic (exact) mass is 276 g/mol. The maximum Gasteiger partial charge on any atom is 0.410 e. The van der Waals surface area contributed by atoms with E-state index in [4.69, 9.17) is 4.74 Å². The maximum absolute atomic E-state index is 12.4. The molecule has 0 radical (unpaired) electrons. The molecule has 0 saturated carbocycles. The van der Waals surface area contributed by atoms with Crippen LogP contribution >= 0.6 is 0 Å². The van der Waals surface area contributed by atoms with Crippen molar-refractivity contribution in [2.45, 2.75) is 20.3 Å². The lowest BCUT2D eigenvalue weighted by Gasteiger charge is -2.29. The van der Waals surface area contributed by atoms with E-state index in [1.165, 1.54) is 4.90 Å². The van der Waals surface area contributed by atoms with Crippen LogP contribution in [-0.4, -0.2) is 43.1 Å². The lowest BCUT2D eigenvalue weighted by atomic mass is 10.2. The van der Waals surface area contributed by atoms with Crippen LogP contribution in [0.3, 0.4) is 0 Å². The molecule has 1 aliphatic rings. The first-order valence-corrected chi connectivity index (χ1v) is 6.90. The number of anilines is 1. The normalized spacial score (nSPS) is 14.9. The number of carbonyl (C=O) groups excluding carboxylic acids is 2.